The van der Waals surface area contributed by atoms with Crippen LogP contribution in [0.3, 0.4) is 0 Å². The Morgan fingerprint density at radius 1 is 1.64 bits per heavy atom. The molecule has 1 amide bonds. The Balaban J connectivity index is 2.49. The van der Waals surface area contributed by atoms with Crippen LogP contribution in [0.1, 0.15) is 6.92 Å². The maximum atomic E-state index is 10.7. The summed E-state index contributed by atoms with van der Waals surface area (Å²) in [6.45, 7) is 1.91. The lowest BCUT2D eigenvalue weighted by molar-refractivity contribution is -0.122. The van der Waals surface area contributed by atoms with Crippen molar-refractivity contribution in [2.24, 2.45) is 11.7 Å². The topological polar surface area (TPSA) is 72.6 Å². The van der Waals surface area contributed by atoms with Gasteiger partial charge in [0.25, 0.3) is 0 Å². The maximum absolute atomic E-state index is 10.7. The number of ether oxygens (including phenoxy) is 1. The van der Waals surface area contributed by atoms with E-state index in [0.29, 0.717) is 5.75 Å². The fourth-order valence-corrected chi connectivity index (χ4v) is 0.877. The molecule has 0 aliphatic carbocycles. The average Bonchev–Trinajstić information content (AvgIpc) is 2.14. The molecule has 1 atom stereocenters. The Morgan fingerprint density at radius 3 is 2.93 bits per heavy atom. The van der Waals surface area contributed by atoms with Crippen molar-refractivity contribution < 1.29 is 14.6 Å². The third-order valence-electron chi connectivity index (χ3n) is 1.80. The van der Waals surface area contributed by atoms with E-state index in [0.717, 1.165) is 0 Å². The molecule has 0 spiro atoms. The van der Waals surface area contributed by atoms with Crippen molar-refractivity contribution in [1.82, 2.24) is 0 Å². The number of phenolic OH excluding ortho intramolecular Hbond substituents is 1. The summed E-state index contributed by atoms with van der Waals surface area (Å²) in [5.41, 5.74) is 5.06. The van der Waals surface area contributed by atoms with E-state index < -0.39 is 5.91 Å². The van der Waals surface area contributed by atoms with Gasteiger partial charge in [-0.15, -0.1) is 0 Å². The molecule has 14 heavy (non-hydrogen) atoms. The summed E-state index contributed by atoms with van der Waals surface area (Å²) in [5, 5.41) is 9.12. The monoisotopic (exact) mass is 195 g/mol. The number of benzene rings is 1. The number of hydrogen-bond acceptors (Lipinski definition) is 3. The van der Waals surface area contributed by atoms with Gasteiger partial charge in [0.05, 0.1) is 12.5 Å². The van der Waals surface area contributed by atoms with E-state index in [1.165, 1.54) is 6.07 Å². The summed E-state index contributed by atoms with van der Waals surface area (Å²) in [7, 11) is 0. The number of rotatable bonds is 4. The summed E-state index contributed by atoms with van der Waals surface area (Å²) < 4.78 is 5.25. The third-order valence-corrected chi connectivity index (χ3v) is 1.80. The van der Waals surface area contributed by atoms with Crippen molar-refractivity contribution in [2.75, 3.05) is 6.61 Å². The van der Waals surface area contributed by atoms with E-state index in [9.17, 15) is 4.79 Å². The predicted molar refractivity (Wildman–Crippen MR) is 52.0 cm³/mol. The largest absolute Gasteiger partial charge is 0.508 e. The minimum atomic E-state index is -0.398. The van der Waals surface area contributed by atoms with E-state index in [4.69, 9.17) is 15.6 Å². The van der Waals surface area contributed by atoms with Crippen LogP contribution in [0, 0.1) is 5.92 Å². The number of carbonyl (C=O) groups is 1. The lowest BCUT2D eigenvalue weighted by Crippen LogP contribution is -2.25. The van der Waals surface area contributed by atoms with Crippen LogP contribution in [-0.4, -0.2) is 17.6 Å². The Hall–Kier alpha value is -1.71. The van der Waals surface area contributed by atoms with E-state index in [1.807, 2.05) is 0 Å². The molecule has 0 saturated heterocycles. The normalized spacial score (nSPS) is 12.1. The van der Waals surface area contributed by atoms with Gasteiger partial charge in [-0.1, -0.05) is 13.0 Å². The van der Waals surface area contributed by atoms with Gasteiger partial charge in [0.15, 0.2) is 0 Å². The van der Waals surface area contributed by atoms with Crippen LogP contribution < -0.4 is 10.5 Å². The molecule has 0 aliphatic heterocycles. The van der Waals surface area contributed by atoms with E-state index in [1.54, 1.807) is 25.1 Å². The highest BCUT2D eigenvalue weighted by atomic mass is 16.5. The number of hydrogen-bond donors (Lipinski definition) is 2. The zero-order chi connectivity index (χ0) is 10.6. The number of primary amides is 1. The van der Waals surface area contributed by atoms with E-state index >= 15 is 0 Å². The standard InChI is InChI=1S/C10H13NO3/c1-7(10(11)13)6-14-9-4-2-3-8(12)5-9/h2-5,7,12H,6H2,1H3,(H2,11,13). The molecule has 0 fully saturated rings. The summed E-state index contributed by atoms with van der Waals surface area (Å²) in [5.74, 6) is -0.0742. The first-order valence-electron chi connectivity index (χ1n) is 4.30. The zero-order valence-corrected chi connectivity index (χ0v) is 7.93. The van der Waals surface area contributed by atoms with Gasteiger partial charge in [0.2, 0.25) is 5.91 Å². The summed E-state index contributed by atoms with van der Waals surface area (Å²) in [4.78, 5) is 10.7. The fraction of sp³-hybridized carbons (Fsp3) is 0.300. The first kappa shape index (κ1) is 10.4. The number of nitrogens with two attached hydrogens (primary N) is 1. The molecule has 0 aliphatic rings. The fourth-order valence-electron chi connectivity index (χ4n) is 0.877. The SMILES string of the molecule is CC(COc1cccc(O)c1)C(N)=O. The van der Waals surface area contributed by atoms with Gasteiger partial charge in [0, 0.05) is 6.07 Å². The van der Waals surface area contributed by atoms with Gasteiger partial charge >= 0.3 is 0 Å². The molecule has 1 rings (SSSR count). The minimum absolute atomic E-state index is 0.134. The van der Waals surface area contributed by atoms with Crippen molar-refractivity contribution in [3.8, 4) is 11.5 Å². The van der Waals surface area contributed by atoms with Crippen molar-refractivity contribution in [3.63, 3.8) is 0 Å². The summed E-state index contributed by atoms with van der Waals surface area (Å²) >= 11 is 0. The molecule has 0 saturated carbocycles. The molecule has 76 valence electrons. The number of carbonyl (C=O) groups excluding carboxylic acids is 1. The molecule has 0 heterocycles. The quantitative estimate of drug-likeness (QED) is 0.749. The average molecular weight is 195 g/mol. The van der Waals surface area contributed by atoms with Gasteiger partial charge in [0.1, 0.15) is 11.5 Å². The van der Waals surface area contributed by atoms with Crippen LogP contribution >= 0.6 is 0 Å². The van der Waals surface area contributed by atoms with E-state index in [2.05, 4.69) is 0 Å². The molecule has 1 unspecified atom stereocenters. The second-order valence-electron chi connectivity index (χ2n) is 3.11. The van der Waals surface area contributed by atoms with Crippen molar-refractivity contribution in [3.05, 3.63) is 24.3 Å². The molecule has 0 aromatic heterocycles. The zero-order valence-electron chi connectivity index (χ0n) is 7.93. The molecule has 0 bridgehead atoms. The Bertz CT molecular complexity index is 325. The predicted octanol–water partition coefficient (Wildman–Crippen LogP) is 0.892. The number of amides is 1. The molecule has 4 nitrogen and oxygen atoms in total. The van der Waals surface area contributed by atoms with Crippen LogP contribution in [0.15, 0.2) is 24.3 Å². The van der Waals surface area contributed by atoms with Gasteiger partial charge in [-0.25, -0.2) is 0 Å². The van der Waals surface area contributed by atoms with Crippen molar-refractivity contribution in [1.29, 1.82) is 0 Å². The highest BCUT2D eigenvalue weighted by Gasteiger charge is 2.09. The smallest absolute Gasteiger partial charge is 0.223 e. The molecule has 4 heteroatoms. The van der Waals surface area contributed by atoms with Gasteiger partial charge in [-0.05, 0) is 12.1 Å². The highest BCUT2D eigenvalue weighted by Crippen LogP contribution is 2.18. The second kappa shape index (κ2) is 4.50. The van der Waals surface area contributed by atoms with Crippen LogP contribution in [0.25, 0.3) is 0 Å². The Kier molecular flexibility index (Phi) is 3.34. The third kappa shape index (κ3) is 2.97. The van der Waals surface area contributed by atoms with Crippen LogP contribution in [0.2, 0.25) is 0 Å². The maximum Gasteiger partial charge on any atom is 0.223 e. The molecular weight excluding hydrogens is 182 g/mol. The van der Waals surface area contributed by atoms with Crippen LogP contribution in [-0.2, 0) is 4.79 Å². The summed E-state index contributed by atoms with van der Waals surface area (Å²) in [6.07, 6.45) is 0. The van der Waals surface area contributed by atoms with Gasteiger partial charge in [-0.2, -0.15) is 0 Å². The van der Waals surface area contributed by atoms with Crippen molar-refractivity contribution in [2.45, 2.75) is 6.92 Å². The summed E-state index contributed by atoms with van der Waals surface area (Å²) in [6, 6.07) is 6.39. The van der Waals surface area contributed by atoms with Crippen LogP contribution in [0.5, 0.6) is 11.5 Å². The highest BCUT2D eigenvalue weighted by molar-refractivity contribution is 5.76. The Morgan fingerprint density at radius 2 is 2.36 bits per heavy atom. The van der Waals surface area contributed by atoms with Gasteiger partial charge < -0.3 is 15.6 Å². The number of aromatic hydroxyl groups is 1. The second-order valence-corrected chi connectivity index (χ2v) is 3.11. The molecule has 0 radical (unpaired) electrons. The molecule has 3 N–H and O–H groups in total. The van der Waals surface area contributed by atoms with Crippen LogP contribution in [0.4, 0.5) is 0 Å². The minimum Gasteiger partial charge on any atom is -0.508 e. The first-order valence-corrected chi connectivity index (χ1v) is 4.30. The van der Waals surface area contributed by atoms with Crippen molar-refractivity contribution >= 4 is 5.91 Å². The first-order chi connectivity index (χ1) is 6.59. The molecule has 1 aromatic rings. The lowest BCUT2D eigenvalue weighted by Gasteiger charge is -2.09. The Labute approximate surface area is 82.3 Å². The van der Waals surface area contributed by atoms with E-state index in [-0.39, 0.29) is 18.3 Å². The lowest BCUT2D eigenvalue weighted by atomic mass is 10.2. The molecular formula is C10H13NO3. The molecule has 1 aromatic carbocycles. The van der Waals surface area contributed by atoms with Gasteiger partial charge in [-0.3, -0.25) is 4.79 Å². The number of phenols is 1.